The van der Waals surface area contributed by atoms with Gasteiger partial charge < -0.3 is 26.0 Å². The van der Waals surface area contributed by atoms with Gasteiger partial charge in [0.1, 0.15) is 5.82 Å². The molecule has 0 saturated carbocycles. The van der Waals surface area contributed by atoms with Gasteiger partial charge in [-0.1, -0.05) is 55.0 Å². The topological polar surface area (TPSA) is 158 Å². The number of amides is 2. The Bertz CT molecular complexity index is 1480. The van der Waals surface area contributed by atoms with Crippen LogP contribution in [0.4, 0.5) is 10.1 Å². The molecule has 0 radical (unpaired) electrons. The number of hydrogen-bond donors (Lipinski definition) is 4. The Hall–Kier alpha value is -4.57. The third kappa shape index (κ3) is 9.00. The standard InChI is InChI=1S/C36H41FN2O7/c37-27-17-15-25(16-18-27)31(40)22-21-29-33(26-13-9-24(10-14-26)6-4-7-30(35(43)44)36(45)46)39(34(29)42)28-19-11-23(12-20-28)5-2-1-3-8-32(38)41/h9-20,29-31,33,40H,1-8,21-22H2,(H2,38,41)(H,43,44)(H,45,46)/t29-,31+,33-/m1/s1. The Kier molecular flexibility index (Phi) is 12.0. The molecular formula is C36H41FN2O7. The predicted octanol–water partition coefficient (Wildman–Crippen LogP) is 5.74. The fourth-order valence-electron chi connectivity index (χ4n) is 6.06. The molecule has 9 nitrogen and oxygen atoms in total. The highest BCUT2D eigenvalue weighted by Gasteiger charge is 2.48. The largest absolute Gasteiger partial charge is 0.481 e. The minimum Gasteiger partial charge on any atom is -0.481 e. The third-order valence-electron chi connectivity index (χ3n) is 8.70. The average Bonchev–Trinajstić information content (AvgIpc) is 3.02. The molecule has 1 aliphatic rings. The van der Waals surface area contributed by atoms with Crippen molar-refractivity contribution in [3.8, 4) is 0 Å². The molecule has 1 aliphatic heterocycles. The van der Waals surface area contributed by atoms with E-state index in [1.807, 2.05) is 48.5 Å². The van der Waals surface area contributed by atoms with Crippen LogP contribution in [0.5, 0.6) is 0 Å². The van der Waals surface area contributed by atoms with E-state index in [1.165, 1.54) is 12.1 Å². The number of carboxylic acid groups (broad SMARTS) is 2. The molecule has 0 aromatic heterocycles. The van der Waals surface area contributed by atoms with Crippen LogP contribution in [0.2, 0.25) is 0 Å². The second-order valence-corrected chi connectivity index (χ2v) is 12.0. The number of rotatable bonds is 18. The van der Waals surface area contributed by atoms with Gasteiger partial charge in [-0.15, -0.1) is 0 Å². The third-order valence-corrected chi connectivity index (χ3v) is 8.70. The van der Waals surface area contributed by atoms with E-state index >= 15 is 0 Å². The molecular weight excluding hydrogens is 591 g/mol. The summed E-state index contributed by atoms with van der Waals surface area (Å²) in [6.45, 7) is 0. The number of β-lactam (4-membered cyclic amide) rings is 1. The zero-order valence-electron chi connectivity index (χ0n) is 25.7. The Morgan fingerprint density at radius 3 is 1.96 bits per heavy atom. The first-order chi connectivity index (χ1) is 22.0. The van der Waals surface area contributed by atoms with E-state index in [4.69, 9.17) is 15.9 Å². The lowest BCUT2D eigenvalue weighted by Gasteiger charge is -2.48. The minimum atomic E-state index is -1.44. The lowest BCUT2D eigenvalue weighted by Crippen LogP contribution is -2.55. The number of carbonyl (C=O) groups excluding carboxylic acids is 2. The van der Waals surface area contributed by atoms with Crippen molar-refractivity contribution in [3.05, 3.63) is 101 Å². The number of halogens is 1. The van der Waals surface area contributed by atoms with Crippen LogP contribution in [-0.2, 0) is 32.0 Å². The van der Waals surface area contributed by atoms with Gasteiger partial charge in [0.15, 0.2) is 5.92 Å². The van der Waals surface area contributed by atoms with Gasteiger partial charge in [-0.2, -0.15) is 0 Å². The van der Waals surface area contributed by atoms with Gasteiger partial charge >= 0.3 is 11.9 Å². The Balaban J connectivity index is 1.45. The summed E-state index contributed by atoms with van der Waals surface area (Å²) in [5.74, 6) is -5.23. The molecule has 46 heavy (non-hydrogen) atoms. The normalized spacial score (nSPS) is 16.7. The second-order valence-electron chi connectivity index (χ2n) is 12.0. The summed E-state index contributed by atoms with van der Waals surface area (Å²) < 4.78 is 13.4. The number of aryl methyl sites for hydroxylation is 2. The molecule has 2 amide bonds. The highest BCUT2D eigenvalue weighted by molar-refractivity contribution is 6.03. The highest BCUT2D eigenvalue weighted by Crippen LogP contribution is 2.46. The van der Waals surface area contributed by atoms with Gasteiger partial charge in [0, 0.05) is 12.1 Å². The van der Waals surface area contributed by atoms with E-state index in [0.29, 0.717) is 37.7 Å². The van der Waals surface area contributed by atoms with Crippen molar-refractivity contribution in [3.63, 3.8) is 0 Å². The van der Waals surface area contributed by atoms with Crippen molar-refractivity contribution >= 4 is 29.4 Å². The molecule has 10 heteroatoms. The summed E-state index contributed by atoms with van der Waals surface area (Å²) in [5.41, 5.74) is 9.54. The van der Waals surface area contributed by atoms with Crippen LogP contribution < -0.4 is 10.6 Å². The van der Waals surface area contributed by atoms with Crippen molar-refractivity contribution in [2.45, 2.75) is 76.4 Å². The number of carbonyl (C=O) groups is 4. The fourth-order valence-corrected chi connectivity index (χ4v) is 6.06. The number of anilines is 1. The number of aliphatic hydroxyl groups is 1. The molecule has 4 rings (SSSR count). The summed E-state index contributed by atoms with van der Waals surface area (Å²) in [6.07, 6.45) is 4.68. The summed E-state index contributed by atoms with van der Waals surface area (Å²) in [7, 11) is 0. The van der Waals surface area contributed by atoms with Crippen LogP contribution in [0.25, 0.3) is 0 Å². The summed E-state index contributed by atoms with van der Waals surface area (Å²) in [5, 5.41) is 29.0. The number of nitrogens with zero attached hydrogens (tertiary/aromatic N) is 1. The summed E-state index contributed by atoms with van der Waals surface area (Å²) in [6, 6.07) is 21.0. The van der Waals surface area contributed by atoms with E-state index in [-0.39, 0.29) is 36.0 Å². The molecule has 0 spiro atoms. The van der Waals surface area contributed by atoms with Crippen LogP contribution in [-0.4, -0.2) is 39.1 Å². The number of hydrogen-bond acceptors (Lipinski definition) is 5. The Labute approximate surface area is 267 Å². The maximum absolute atomic E-state index is 13.6. The number of nitrogens with two attached hydrogens (primary N) is 1. The van der Waals surface area contributed by atoms with E-state index < -0.39 is 24.0 Å². The maximum Gasteiger partial charge on any atom is 0.317 e. The summed E-state index contributed by atoms with van der Waals surface area (Å²) >= 11 is 0. The van der Waals surface area contributed by atoms with E-state index in [2.05, 4.69) is 0 Å². The molecule has 0 unspecified atom stereocenters. The van der Waals surface area contributed by atoms with Gasteiger partial charge in [0.2, 0.25) is 11.8 Å². The van der Waals surface area contributed by atoms with Crippen LogP contribution in [0.1, 0.15) is 85.8 Å². The minimum absolute atomic E-state index is 0.0269. The average molecular weight is 633 g/mol. The fraction of sp³-hybridized carbons (Fsp3) is 0.389. The number of carboxylic acids is 2. The quantitative estimate of drug-likeness (QED) is 0.0791. The number of aliphatic carboxylic acids is 2. The first-order valence-electron chi connectivity index (χ1n) is 15.7. The molecule has 3 aromatic rings. The molecule has 1 saturated heterocycles. The van der Waals surface area contributed by atoms with Gasteiger partial charge in [-0.3, -0.25) is 19.2 Å². The van der Waals surface area contributed by atoms with Crippen LogP contribution in [0.3, 0.4) is 0 Å². The second kappa shape index (κ2) is 16.1. The zero-order chi connectivity index (χ0) is 33.2. The predicted molar refractivity (Wildman–Crippen MR) is 170 cm³/mol. The number of benzene rings is 3. The van der Waals surface area contributed by atoms with Gasteiger partial charge in [-0.05, 0) is 97.9 Å². The van der Waals surface area contributed by atoms with Crippen LogP contribution in [0, 0.1) is 17.7 Å². The van der Waals surface area contributed by atoms with Crippen molar-refractivity contribution in [2.24, 2.45) is 17.6 Å². The SMILES string of the molecule is NC(=O)CCCCCc1ccc(N2C(=O)[C@H](CC[C@H](O)c3ccc(F)cc3)[C@H]2c2ccc(CCCC(C(=O)O)C(=O)O)cc2)cc1. The number of aliphatic hydroxyl groups excluding tert-OH is 1. The Morgan fingerprint density at radius 2 is 1.37 bits per heavy atom. The van der Waals surface area contributed by atoms with Gasteiger partial charge in [0.05, 0.1) is 18.1 Å². The van der Waals surface area contributed by atoms with Gasteiger partial charge in [0.25, 0.3) is 0 Å². The molecule has 3 aromatic carbocycles. The molecule has 1 heterocycles. The van der Waals surface area contributed by atoms with Crippen LogP contribution >= 0.6 is 0 Å². The molecule has 1 fully saturated rings. The van der Waals surface area contributed by atoms with Gasteiger partial charge in [-0.25, -0.2) is 4.39 Å². The highest BCUT2D eigenvalue weighted by atomic mass is 19.1. The lowest BCUT2D eigenvalue weighted by molar-refractivity contribution is -0.154. The van der Waals surface area contributed by atoms with Crippen molar-refractivity contribution in [1.82, 2.24) is 0 Å². The first-order valence-corrected chi connectivity index (χ1v) is 15.7. The van der Waals surface area contributed by atoms with Crippen molar-refractivity contribution < 1.29 is 38.9 Å². The van der Waals surface area contributed by atoms with Crippen LogP contribution in [0.15, 0.2) is 72.8 Å². The maximum atomic E-state index is 13.6. The monoisotopic (exact) mass is 632 g/mol. The smallest absolute Gasteiger partial charge is 0.317 e. The molecule has 0 aliphatic carbocycles. The number of unbranched alkanes of at least 4 members (excludes halogenated alkanes) is 2. The van der Waals surface area contributed by atoms with E-state index in [9.17, 15) is 28.7 Å². The molecule has 0 bridgehead atoms. The molecule has 5 N–H and O–H groups in total. The van der Waals surface area contributed by atoms with Crippen molar-refractivity contribution in [2.75, 3.05) is 4.90 Å². The lowest BCUT2D eigenvalue weighted by atomic mass is 9.78. The zero-order valence-corrected chi connectivity index (χ0v) is 25.7. The molecule has 3 atom stereocenters. The van der Waals surface area contributed by atoms with Crippen molar-refractivity contribution in [1.29, 1.82) is 0 Å². The van der Waals surface area contributed by atoms with E-state index in [1.54, 1.807) is 17.0 Å². The molecule has 244 valence electrons. The number of primary amides is 1. The first kappa shape index (κ1) is 34.3. The Morgan fingerprint density at radius 1 is 0.783 bits per heavy atom. The van der Waals surface area contributed by atoms with E-state index in [0.717, 1.165) is 48.1 Å². The summed E-state index contributed by atoms with van der Waals surface area (Å²) in [4.78, 5) is 48.7.